The highest BCUT2D eigenvalue weighted by Gasteiger charge is 2.24. The second kappa shape index (κ2) is 6.76. The quantitative estimate of drug-likeness (QED) is 0.681. The maximum atomic E-state index is 13.2. The number of nitrogens with zero attached hydrogens (tertiary/aromatic N) is 2. The van der Waals surface area contributed by atoms with Crippen molar-refractivity contribution in [2.45, 2.75) is 37.0 Å². The minimum absolute atomic E-state index is 0.213. The van der Waals surface area contributed by atoms with E-state index < -0.39 is 10.0 Å². The van der Waals surface area contributed by atoms with Crippen molar-refractivity contribution in [1.82, 2.24) is 8.96 Å². The molecule has 4 rings (SSSR count). The molecule has 0 N–H and O–H groups in total. The molecule has 0 aliphatic heterocycles. The molecule has 26 heavy (non-hydrogen) atoms. The first kappa shape index (κ1) is 17.1. The van der Waals surface area contributed by atoms with Crippen molar-refractivity contribution in [3.05, 3.63) is 54.4 Å². The number of methoxy groups -OCH3 is 1. The van der Waals surface area contributed by atoms with Crippen LogP contribution >= 0.6 is 0 Å². The molecule has 1 aliphatic carbocycles. The van der Waals surface area contributed by atoms with Gasteiger partial charge in [-0.25, -0.2) is 12.4 Å². The summed E-state index contributed by atoms with van der Waals surface area (Å²) >= 11 is 0. The second-order valence-electron chi connectivity index (χ2n) is 6.86. The molecule has 6 heteroatoms. The largest absolute Gasteiger partial charge is 0.497 e. The van der Waals surface area contributed by atoms with Crippen molar-refractivity contribution < 1.29 is 13.2 Å². The molecule has 0 atom stereocenters. The standard InChI is InChI=1S/C20H22N2O3S/c1-25-17-8-4-9-18(13-17)26(23,24)22-14-16(12-15-6-2-3-7-15)20-19(22)10-5-11-21-20/h4-5,8-11,13-15H,2-3,6-7,12H2,1H3. The number of ether oxygens (including phenoxy) is 1. The third-order valence-corrected chi connectivity index (χ3v) is 6.85. The highest BCUT2D eigenvalue weighted by Crippen LogP contribution is 2.32. The van der Waals surface area contributed by atoms with Gasteiger partial charge >= 0.3 is 0 Å². The van der Waals surface area contributed by atoms with Gasteiger partial charge in [0, 0.05) is 18.5 Å². The molecule has 3 aromatic rings. The predicted octanol–water partition coefficient (Wildman–Crippen LogP) is 4.01. The average Bonchev–Trinajstić information content (AvgIpc) is 3.31. The van der Waals surface area contributed by atoms with Crippen LogP contribution in [-0.4, -0.2) is 24.5 Å². The van der Waals surface area contributed by atoms with Gasteiger partial charge in [-0.2, -0.15) is 0 Å². The van der Waals surface area contributed by atoms with Crippen LogP contribution in [0.1, 0.15) is 31.2 Å². The number of aromatic nitrogens is 2. The van der Waals surface area contributed by atoms with Gasteiger partial charge in [0.05, 0.1) is 23.0 Å². The molecular weight excluding hydrogens is 348 g/mol. The van der Waals surface area contributed by atoms with E-state index in [1.165, 1.54) is 36.8 Å². The fourth-order valence-electron chi connectivity index (χ4n) is 3.84. The summed E-state index contributed by atoms with van der Waals surface area (Å²) in [6.45, 7) is 0. The van der Waals surface area contributed by atoms with Crippen molar-refractivity contribution in [2.24, 2.45) is 5.92 Å². The van der Waals surface area contributed by atoms with Crippen LogP contribution in [0, 0.1) is 5.92 Å². The number of hydrogen-bond donors (Lipinski definition) is 0. The summed E-state index contributed by atoms with van der Waals surface area (Å²) in [7, 11) is -2.19. The van der Waals surface area contributed by atoms with Gasteiger partial charge in [0.25, 0.3) is 10.0 Å². The summed E-state index contributed by atoms with van der Waals surface area (Å²) in [5, 5.41) is 0. The van der Waals surface area contributed by atoms with E-state index in [9.17, 15) is 8.42 Å². The lowest BCUT2D eigenvalue weighted by molar-refractivity contribution is 0.413. The number of benzene rings is 1. The van der Waals surface area contributed by atoms with E-state index in [0.29, 0.717) is 17.2 Å². The molecule has 0 amide bonds. The lowest BCUT2D eigenvalue weighted by Crippen LogP contribution is -2.12. The topological polar surface area (TPSA) is 61.2 Å². The van der Waals surface area contributed by atoms with E-state index >= 15 is 0 Å². The summed E-state index contributed by atoms with van der Waals surface area (Å²) in [6, 6.07) is 10.2. The molecule has 0 bridgehead atoms. The smallest absolute Gasteiger partial charge is 0.268 e. The van der Waals surface area contributed by atoms with Gasteiger partial charge in [0.2, 0.25) is 0 Å². The first-order valence-corrected chi connectivity index (χ1v) is 10.4. The maximum absolute atomic E-state index is 13.2. The zero-order chi connectivity index (χ0) is 18.1. The normalized spacial score (nSPS) is 15.6. The molecule has 2 aromatic heterocycles. The molecule has 1 saturated carbocycles. The van der Waals surface area contributed by atoms with E-state index in [0.717, 1.165) is 17.5 Å². The Kier molecular flexibility index (Phi) is 4.44. The third kappa shape index (κ3) is 2.98. The van der Waals surface area contributed by atoms with E-state index in [2.05, 4.69) is 4.98 Å². The van der Waals surface area contributed by atoms with Crippen molar-refractivity contribution >= 4 is 21.1 Å². The Morgan fingerprint density at radius 2 is 2.00 bits per heavy atom. The monoisotopic (exact) mass is 370 g/mol. The minimum atomic E-state index is -3.71. The highest BCUT2D eigenvalue weighted by atomic mass is 32.2. The van der Waals surface area contributed by atoms with Crippen molar-refractivity contribution in [1.29, 1.82) is 0 Å². The van der Waals surface area contributed by atoms with Gasteiger partial charge in [0.1, 0.15) is 5.75 Å². The van der Waals surface area contributed by atoms with Gasteiger partial charge in [-0.15, -0.1) is 0 Å². The number of rotatable bonds is 5. The van der Waals surface area contributed by atoms with E-state index in [1.807, 2.05) is 6.07 Å². The molecule has 1 fully saturated rings. The second-order valence-corrected chi connectivity index (χ2v) is 8.67. The van der Waals surface area contributed by atoms with Crippen LogP contribution in [0.2, 0.25) is 0 Å². The van der Waals surface area contributed by atoms with Crippen molar-refractivity contribution in [2.75, 3.05) is 7.11 Å². The summed E-state index contributed by atoms with van der Waals surface area (Å²) in [5.74, 6) is 1.14. The Hall–Kier alpha value is -2.34. The van der Waals surface area contributed by atoms with Gasteiger partial charge < -0.3 is 4.74 Å². The molecule has 136 valence electrons. The fraction of sp³-hybridized carbons (Fsp3) is 0.350. The molecule has 2 heterocycles. The van der Waals surface area contributed by atoms with Crippen LogP contribution in [0.25, 0.3) is 11.0 Å². The maximum Gasteiger partial charge on any atom is 0.268 e. The third-order valence-electron chi connectivity index (χ3n) is 5.18. The molecule has 1 aliphatic rings. The predicted molar refractivity (Wildman–Crippen MR) is 101 cm³/mol. The lowest BCUT2D eigenvalue weighted by atomic mass is 9.99. The van der Waals surface area contributed by atoms with Gasteiger partial charge in [-0.3, -0.25) is 4.98 Å². The van der Waals surface area contributed by atoms with E-state index in [4.69, 9.17) is 4.74 Å². The Labute approximate surface area is 153 Å². The minimum Gasteiger partial charge on any atom is -0.497 e. The number of fused-ring (bicyclic) bond motifs is 1. The van der Waals surface area contributed by atoms with Crippen LogP contribution in [0.3, 0.4) is 0 Å². The zero-order valence-corrected chi connectivity index (χ0v) is 15.6. The first-order chi connectivity index (χ1) is 12.6. The highest BCUT2D eigenvalue weighted by molar-refractivity contribution is 7.90. The molecule has 0 saturated heterocycles. The molecule has 0 radical (unpaired) electrons. The Bertz CT molecular complexity index is 1030. The van der Waals surface area contributed by atoms with Crippen LogP contribution in [-0.2, 0) is 16.4 Å². The summed E-state index contributed by atoms with van der Waals surface area (Å²) < 4.78 is 33.0. The van der Waals surface area contributed by atoms with Crippen LogP contribution in [0.15, 0.2) is 53.7 Å². The van der Waals surface area contributed by atoms with Crippen LogP contribution in [0.5, 0.6) is 5.75 Å². The molecule has 0 spiro atoms. The fourth-order valence-corrected chi connectivity index (χ4v) is 5.26. The summed E-state index contributed by atoms with van der Waals surface area (Å²) in [6.07, 6.45) is 9.31. The molecule has 5 nitrogen and oxygen atoms in total. The van der Waals surface area contributed by atoms with Crippen LogP contribution in [0.4, 0.5) is 0 Å². The van der Waals surface area contributed by atoms with Crippen molar-refractivity contribution in [3.8, 4) is 5.75 Å². The summed E-state index contributed by atoms with van der Waals surface area (Å²) in [5.41, 5.74) is 2.42. The number of hydrogen-bond acceptors (Lipinski definition) is 4. The number of pyridine rings is 1. The lowest BCUT2D eigenvalue weighted by Gasteiger charge is -2.09. The van der Waals surface area contributed by atoms with E-state index in [1.54, 1.807) is 42.7 Å². The Morgan fingerprint density at radius 1 is 1.19 bits per heavy atom. The molecule has 1 aromatic carbocycles. The first-order valence-electron chi connectivity index (χ1n) is 8.94. The average molecular weight is 370 g/mol. The van der Waals surface area contributed by atoms with Crippen LogP contribution < -0.4 is 4.74 Å². The zero-order valence-electron chi connectivity index (χ0n) is 14.8. The molecule has 0 unspecified atom stereocenters. The van der Waals surface area contributed by atoms with E-state index in [-0.39, 0.29) is 4.90 Å². The molecular formula is C20H22N2O3S. The Morgan fingerprint density at radius 3 is 2.77 bits per heavy atom. The van der Waals surface area contributed by atoms with Gasteiger partial charge in [-0.1, -0.05) is 31.7 Å². The SMILES string of the molecule is COc1cccc(S(=O)(=O)n2cc(CC3CCCC3)c3ncccc32)c1. The Balaban J connectivity index is 1.82. The van der Waals surface area contributed by atoms with Gasteiger partial charge in [-0.05, 0) is 42.2 Å². The summed E-state index contributed by atoms with van der Waals surface area (Å²) in [4.78, 5) is 4.69. The van der Waals surface area contributed by atoms with Crippen molar-refractivity contribution in [3.63, 3.8) is 0 Å². The van der Waals surface area contributed by atoms with Gasteiger partial charge in [0.15, 0.2) is 0 Å².